The van der Waals surface area contributed by atoms with E-state index in [0.717, 1.165) is 13.1 Å². The van der Waals surface area contributed by atoms with Crippen LogP contribution in [0.15, 0.2) is 17.5 Å². The molecule has 1 atom stereocenters. The molecular weight excluding hydrogens is 270 g/mol. The number of aliphatic hydroxyl groups is 1. The molecule has 1 heterocycles. The van der Waals surface area contributed by atoms with Gasteiger partial charge >= 0.3 is 0 Å². The molecular formula is C16H29NO2S. The first-order chi connectivity index (χ1) is 9.47. The Bertz CT molecular complexity index is 328. The summed E-state index contributed by atoms with van der Waals surface area (Å²) in [6.45, 7) is 12.6. The molecule has 0 aliphatic heterocycles. The maximum Gasteiger partial charge on any atom is 0.0900 e. The number of hydrogen-bond donors (Lipinski definition) is 1. The Labute approximate surface area is 127 Å². The van der Waals surface area contributed by atoms with Crippen LogP contribution in [0.1, 0.15) is 32.6 Å². The third-order valence-electron chi connectivity index (χ3n) is 2.85. The van der Waals surface area contributed by atoms with Crippen LogP contribution in [0.25, 0.3) is 0 Å². The highest BCUT2D eigenvalue weighted by atomic mass is 32.1. The molecule has 1 aromatic heterocycles. The van der Waals surface area contributed by atoms with Crippen LogP contribution in [-0.4, -0.2) is 42.4 Å². The lowest BCUT2D eigenvalue weighted by atomic mass is 10.1. The van der Waals surface area contributed by atoms with E-state index < -0.39 is 6.10 Å². The number of thiophene rings is 1. The normalized spacial score (nSPS) is 13.6. The largest absolute Gasteiger partial charge is 0.389 e. The monoisotopic (exact) mass is 299 g/mol. The molecule has 0 spiro atoms. The van der Waals surface area contributed by atoms with Crippen molar-refractivity contribution in [3.8, 4) is 0 Å². The van der Waals surface area contributed by atoms with Crippen LogP contribution in [0.2, 0.25) is 0 Å². The second-order valence-electron chi connectivity index (χ2n) is 6.25. The Morgan fingerprint density at radius 3 is 2.30 bits per heavy atom. The smallest absolute Gasteiger partial charge is 0.0900 e. The summed E-state index contributed by atoms with van der Waals surface area (Å²) in [5.74, 6) is 1.24. The van der Waals surface area contributed by atoms with Gasteiger partial charge in [0.15, 0.2) is 0 Å². The van der Waals surface area contributed by atoms with Gasteiger partial charge in [-0.3, -0.25) is 0 Å². The second kappa shape index (κ2) is 9.50. The van der Waals surface area contributed by atoms with Gasteiger partial charge in [-0.2, -0.15) is 0 Å². The van der Waals surface area contributed by atoms with Crippen LogP contribution < -0.4 is 0 Å². The zero-order chi connectivity index (χ0) is 15.0. The highest BCUT2D eigenvalue weighted by molar-refractivity contribution is 7.09. The summed E-state index contributed by atoms with van der Waals surface area (Å²) in [6.07, 6.45) is -0.410. The van der Waals surface area contributed by atoms with Crippen molar-refractivity contribution in [3.05, 3.63) is 22.4 Å². The van der Waals surface area contributed by atoms with Gasteiger partial charge in [0.25, 0.3) is 0 Å². The molecule has 3 nitrogen and oxygen atoms in total. The second-order valence-corrected chi connectivity index (χ2v) is 7.29. The average Bonchev–Trinajstić information content (AvgIpc) is 2.79. The van der Waals surface area contributed by atoms with Crippen LogP contribution in [0.3, 0.4) is 0 Å². The van der Waals surface area contributed by atoms with Crippen LogP contribution in [0.4, 0.5) is 0 Å². The third-order valence-corrected chi connectivity index (χ3v) is 3.70. The van der Waals surface area contributed by atoms with Crippen molar-refractivity contribution < 1.29 is 9.84 Å². The Hall–Kier alpha value is -0.420. The molecule has 0 saturated heterocycles. The van der Waals surface area contributed by atoms with E-state index in [1.165, 1.54) is 4.88 Å². The first-order valence-electron chi connectivity index (χ1n) is 7.48. The minimum atomic E-state index is -0.410. The fourth-order valence-corrected chi connectivity index (χ4v) is 2.94. The molecule has 0 aromatic carbocycles. The van der Waals surface area contributed by atoms with E-state index in [-0.39, 0.29) is 0 Å². The number of rotatable bonds is 10. The van der Waals surface area contributed by atoms with Crippen molar-refractivity contribution in [2.45, 2.75) is 40.4 Å². The summed E-state index contributed by atoms with van der Waals surface area (Å²) in [5.41, 5.74) is 0. The molecule has 0 aliphatic rings. The topological polar surface area (TPSA) is 32.7 Å². The molecule has 0 bridgehead atoms. The maximum absolute atomic E-state index is 10.1. The van der Waals surface area contributed by atoms with Gasteiger partial charge < -0.3 is 14.7 Å². The van der Waals surface area contributed by atoms with Gasteiger partial charge in [0.1, 0.15) is 0 Å². The molecule has 116 valence electrons. The summed E-state index contributed by atoms with van der Waals surface area (Å²) >= 11 is 1.69. The minimum absolute atomic E-state index is 0.407. The van der Waals surface area contributed by atoms with Gasteiger partial charge in [0.05, 0.1) is 19.3 Å². The van der Waals surface area contributed by atoms with E-state index in [1.54, 1.807) is 11.3 Å². The Kier molecular flexibility index (Phi) is 8.38. The predicted molar refractivity (Wildman–Crippen MR) is 86.1 cm³/mol. The fraction of sp³-hybridized carbons (Fsp3) is 0.750. The molecule has 20 heavy (non-hydrogen) atoms. The molecule has 1 aromatic rings. The number of ether oxygens (including phenoxy) is 1. The molecule has 0 amide bonds. The van der Waals surface area contributed by atoms with Crippen LogP contribution in [0, 0.1) is 11.8 Å². The van der Waals surface area contributed by atoms with E-state index >= 15 is 0 Å². The summed E-state index contributed by atoms with van der Waals surface area (Å²) in [6, 6.07) is 4.08. The molecule has 1 rings (SSSR count). The van der Waals surface area contributed by atoms with Crippen molar-refractivity contribution in [3.63, 3.8) is 0 Å². The molecule has 0 radical (unpaired) electrons. The van der Waals surface area contributed by atoms with Gasteiger partial charge in [0.2, 0.25) is 0 Å². The predicted octanol–water partition coefficient (Wildman–Crippen LogP) is 3.24. The van der Waals surface area contributed by atoms with Crippen molar-refractivity contribution in [1.29, 1.82) is 0 Å². The lowest BCUT2D eigenvalue weighted by Crippen LogP contribution is -2.39. The molecule has 0 fully saturated rings. The quantitative estimate of drug-likeness (QED) is 0.720. The van der Waals surface area contributed by atoms with Crippen LogP contribution >= 0.6 is 11.3 Å². The third kappa shape index (κ3) is 8.00. The van der Waals surface area contributed by atoms with Gasteiger partial charge in [0, 0.05) is 24.5 Å². The van der Waals surface area contributed by atoms with E-state index in [2.05, 4.69) is 38.7 Å². The highest BCUT2D eigenvalue weighted by Gasteiger charge is 2.14. The Morgan fingerprint density at radius 1 is 1.15 bits per heavy atom. The van der Waals surface area contributed by atoms with Gasteiger partial charge in [-0.15, -0.1) is 11.3 Å². The van der Waals surface area contributed by atoms with Crippen molar-refractivity contribution >= 4 is 11.3 Å². The van der Waals surface area contributed by atoms with Crippen molar-refractivity contribution in [2.75, 3.05) is 26.2 Å². The molecule has 0 unspecified atom stereocenters. The number of hydrogen-bond acceptors (Lipinski definition) is 4. The fourth-order valence-electron chi connectivity index (χ4n) is 2.30. The summed E-state index contributed by atoms with van der Waals surface area (Å²) in [7, 11) is 0. The highest BCUT2D eigenvalue weighted by Crippen LogP contribution is 2.10. The van der Waals surface area contributed by atoms with E-state index in [1.807, 2.05) is 11.4 Å². The summed E-state index contributed by atoms with van der Waals surface area (Å²) in [4.78, 5) is 3.55. The van der Waals surface area contributed by atoms with Gasteiger partial charge in [-0.25, -0.2) is 0 Å². The maximum atomic E-state index is 10.1. The van der Waals surface area contributed by atoms with Crippen molar-refractivity contribution in [2.24, 2.45) is 11.8 Å². The van der Waals surface area contributed by atoms with Gasteiger partial charge in [-0.1, -0.05) is 33.8 Å². The number of nitrogens with zero attached hydrogens (tertiary/aromatic N) is 1. The number of aliphatic hydroxyl groups excluding tert-OH is 1. The lowest BCUT2D eigenvalue weighted by molar-refractivity contribution is 0.00718. The van der Waals surface area contributed by atoms with E-state index in [0.29, 0.717) is 31.6 Å². The molecule has 0 saturated carbocycles. The Balaban J connectivity index is 2.27. The Morgan fingerprint density at radius 2 is 1.80 bits per heavy atom. The average molecular weight is 299 g/mol. The SMILES string of the molecule is CC(C)CN(CC(C)C)C[C@H](O)COCc1cccs1. The first kappa shape index (κ1) is 17.6. The zero-order valence-electron chi connectivity index (χ0n) is 13.2. The minimum Gasteiger partial charge on any atom is -0.389 e. The molecule has 1 N–H and O–H groups in total. The zero-order valence-corrected chi connectivity index (χ0v) is 14.0. The lowest BCUT2D eigenvalue weighted by Gasteiger charge is -2.28. The van der Waals surface area contributed by atoms with Crippen LogP contribution in [0.5, 0.6) is 0 Å². The molecule has 0 aliphatic carbocycles. The summed E-state index contributed by atoms with van der Waals surface area (Å²) < 4.78 is 5.58. The van der Waals surface area contributed by atoms with Gasteiger partial charge in [-0.05, 0) is 23.3 Å². The molecule has 4 heteroatoms. The summed E-state index contributed by atoms with van der Waals surface area (Å²) in [5, 5.41) is 12.2. The standard InChI is InChI=1S/C16H29NO2S/c1-13(2)8-17(9-14(3)4)10-15(18)11-19-12-16-6-5-7-20-16/h5-7,13-15,18H,8-12H2,1-4H3/t15-/m0/s1. The first-order valence-corrected chi connectivity index (χ1v) is 8.36. The van der Waals surface area contributed by atoms with Crippen molar-refractivity contribution in [1.82, 2.24) is 4.90 Å². The van der Waals surface area contributed by atoms with Crippen LogP contribution in [-0.2, 0) is 11.3 Å². The van der Waals surface area contributed by atoms with E-state index in [9.17, 15) is 5.11 Å². The van der Waals surface area contributed by atoms with E-state index in [4.69, 9.17) is 4.74 Å².